The summed E-state index contributed by atoms with van der Waals surface area (Å²) in [5.41, 5.74) is -2.90. The van der Waals surface area contributed by atoms with Crippen molar-refractivity contribution in [2.75, 3.05) is 0 Å². The van der Waals surface area contributed by atoms with Gasteiger partial charge in [-0.2, -0.15) is 13.2 Å². The van der Waals surface area contributed by atoms with Gasteiger partial charge in [-0.1, -0.05) is 0 Å². The zero-order chi connectivity index (χ0) is 8.58. The minimum Gasteiger partial charge on any atom is -0.210 e. The van der Waals surface area contributed by atoms with Gasteiger partial charge in [0.2, 0.25) is 0 Å². The molecule has 5 heteroatoms. The van der Waals surface area contributed by atoms with Crippen LogP contribution in [0.2, 0.25) is 0 Å². The Kier molecular flexibility index (Phi) is 2.28. The van der Waals surface area contributed by atoms with Crippen LogP contribution in [0, 0.1) is 5.41 Å². The first-order valence-corrected chi connectivity index (χ1v) is 2.54. The lowest BCUT2D eigenvalue weighted by Crippen LogP contribution is -2.38. The molecule has 62 valence electrons. The molecule has 0 amide bonds. The molecule has 10 heavy (non-hydrogen) atoms. The maximum absolute atomic E-state index is 11.6. The summed E-state index contributed by atoms with van der Waals surface area (Å²) in [4.78, 5) is 0. The predicted molar refractivity (Wildman–Crippen MR) is 25.8 cm³/mol. The Labute approximate surface area is 55.0 Å². The summed E-state index contributed by atoms with van der Waals surface area (Å²) in [6.07, 6.45) is -8.20. The van der Waals surface area contributed by atoms with Crippen molar-refractivity contribution in [1.29, 1.82) is 0 Å². The lowest BCUT2D eigenvalue weighted by atomic mass is 9.94. The van der Waals surface area contributed by atoms with Crippen molar-refractivity contribution < 1.29 is 22.0 Å². The van der Waals surface area contributed by atoms with E-state index in [9.17, 15) is 22.0 Å². The number of hydrogen-bond donors (Lipinski definition) is 0. The third-order valence-corrected chi connectivity index (χ3v) is 1.28. The molecule has 0 aliphatic carbocycles. The molecule has 0 saturated heterocycles. The molecule has 0 saturated carbocycles. The largest absolute Gasteiger partial charge is 0.399 e. The van der Waals surface area contributed by atoms with Crippen molar-refractivity contribution in [1.82, 2.24) is 0 Å². The zero-order valence-corrected chi connectivity index (χ0v) is 5.47. The van der Waals surface area contributed by atoms with Crippen molar-refractivity contribution in [2.24, 2.45) is 5.41 Å². The molecule has 0 aromatic carbocycles. The van der Waals surface area contributed by atoms with E-state index < -0.39 is 18.0 Å². The Morgan fingerprint density at radius 3 is 1.30 bits per heavy atom. The summed E-state index contributed by atoms with van der Waals surface area (Å²) in [5, 5.41) is 0. The van der Waals surface area contributed by atoms with E-state index in [1.54, 1.807) is 0 Å². The highest BCUT2D eigenvalue weighted by Gasteiger charge is 2.53. The summed E-state index contributed by atoms with van der Waals surface area (Å²) in [5.74, 6) is 0. The molecule has 0 fully saturated rings. The third-order valence-electron chi connectivity index (χ3n) is 1.28. The molecule has 0 unspecified atom stereocenters. The van der Waals surface area contributed by atoms with Crippen LogP contribution in [-0.4, -0.2) is 12.6 Å². The number of rotatable bonds is 1. The van der Waals surface area contributed by atoms with Crippen LogP contribution >= 0.6 is 0 Å². The van der Waals surface area contributed by atoms with Crippen molar-refractivity contribution in [3.05, 3.63) is 0 Å². The number of alkyl halides is 5. The first-order chi connectivity index (χ1) is 4.19. The lowest BCUT2D eigenvalue weighted by Gasteiger charge is -2.26. The van der Waals surface area contributed by atoms with Crippen molar-refractivity contribution in [3.63, 3.8) is 0 Å². The minimum atomic E-state index is -4.83. The standard InChI is InChI=1S/C5H7F5/c1-4(2,3(6)7)5(8,9)10/h3H,1-2H3. The summed E-state index contributed by atoms with van der Waals surface area (Å²) in [7, 11) is 0. The average Bonchev–Trinajstić information content (AvgIpc) is 1.62. The molecule has 0 atom stereocenters. The van der Waals surface area contributed by atoms with Crippen LogP contribution in [0.3, 0.4) is 0 Å². The molecule has 0 aromatic heterocycles. The van der Waals surface area contributed by atoms with E-state index in [1.807, 2.05) is 0 Å². The van der Waals surface area contributed by atoms with Crippen LogP contribution in [0.1, 0.15) is 13.8 Å². The van der Waals surface area contributed by atoms with Crippen molar-refractivity contribution in [3.8, 4) is 0 Å². The van der Waals surface area contributed by atoms with E-state index in [4.69, 9.17) is 0 Å². The molecule has 0 N–H and O–H groups in total. The third kappa shape index (κ3) is 1.58. The molecule has 0 aromatic rings. The van der Waals surface area contributed by atoms with Crippen molar-refractivity contribution >= 4 is 0 Å². The van der Waals surface area contributed by atoms with Crippen LogP contribution in [-0.2, 0) is 0 Å². The fourth-order valence-corrected chi connectivity index (χ4v) is 0.124. The first kappa shape index (κ1) is 9.65. The maximum Gasteiger partial charge on any atom is 0.399 e. The van der Waals surface area contributed by atoms with Crippen LogP contribution in [0.15, 0.2) is 0 Å². The van der Waals surface area contributed by atoms with Gasteiger partial charge in [0.05, 0.1) is 0 Å². The molecule has 0 nitrogen and oxygen atoms in total. The normalized spacial score (nSPS) is 14.4. The molecule has 0 rings (SSSR count). The zero-order valence-electron chi connectivity index (χ0n) is 5.47. The van der Waals surface area contributed by atoms with Gasteiger partial charge in [0.25, 0.3) is 6.43 Å². The van der Waals surface area contributed by atoms with Gasteiger partial charge in [-0.3, -0.25) is 0 Å². The second-order valence-electron chi connectivity index (χ2n) is 2.52. The Balaban J connectivity index is 4.40. The lowest BCUT2D eigenvalue weighted by molar-refractivity contribution is -0.248. The Bertz CT molecular complexity index is 112. The molecule has 0 radical (unpaired) electrons. The van der Waals surface area contributed by atoms with E-state index in [2.05, 4.69) is 0 Å². The SMILES string of the molecule is CC(C)(C(F)F)C(F)(F)F. The van der Waals surface area contributed by atoms with Gasteiger partial charge in [0.1, 0.15) is 5.41 Å². The van der Waals surface area contributed by atoms with Gasteiger partial charge in [-0.05, 0) is 13.8 Å². The summed E-state index contributed by atoms with van der Waals surface area (Å²) >= 11 is 0. The van der Waals surface area contributed by atoms with Crippen LogP contribution < -0.4 is 0 Å². The van der Waals surface area contributed by atoms with Gasteiger partial charge in [0.15, 0.2) is 0 Å². The van der Waals surface area contributed by atoms with Crippen molar-refractivity contribution in [2.45, 2.75) is 26.4 Å². The molecule has 0 bridgehead atoms. The summed E-state index contributed by atoms with van der Waals surface area (Å²) in [6.45, 7) is 0.940. The fraction of sp³-hybridized carbons (Fsp3) is 1.00. The first-order valence-electron chi connectivity index (χ1n) is 2.54. The van der Waals surface area contributed by atoms with Gasteiger partial charge < -0.3 is 0 Å². The van der Waals surface area contributed by atoms with Gasteiger partial charge in [-0.15, -0.1) is 0 Å². The van der Waals surface area contributed by atoms with Gasteiger partial charge in [-0.25, -0.2) is 8.78 Å². The van der Waals surface area contributed by atoms with Crippen LogP contribution in [0.4, 0.5) is 22.0 Å². The molecule has 0 spiro atoms. The molecule has 0 heterocycles. The van der Waals surface area contributed by atoms with E-state index in [1.165, 1.54) is 0 Å². The van der Waals surface area contributed by atoms with Crippen LogP contribution in [0.5, 0.6) is 0 Å². The second kappa shape index (κ2) is 2.36. The maximum atomic E-state index is 11.6. The second-order valence-corrected chi connectivity index (χ2v) is 2.52. The van der Waals surface area contributed by atoms with E-state index >= 15 is 0 Å². The highest BCUT2D eigenvalue weighted by Crippen LogP contribution is 2.41. The van der Waals surface area contributed by atoms with Gasteiger partial charge >= 0.3 is 6.18 Å². The Morgan fingerprint density at radius 1 is 1.00 bits per heavy atom. The van der Waals surface area contributed by atoms with E-state index in [0.717, 1.165) is 0 Å². The molecule has 0 aliphatic rings. The van der Waals surface area contributed by atoms with E-state index in [-0.39, 0.29) is 0 Å². The highest BCUT2D eigenvalue weighted by atomic mass is 19.4. The topological polar surface area (TPSA) is 0 Å². The molecule has 0 aliphatic heterocycles. The summed E-state index contributed by atoms with van der Waals surface area (Å²) < 4.78 is 58.0. The molecular formula is C5H7F5. The average molecular weight is 162 g/mol. The Morgan fingerprint density at radius 2 is 1.30 bits per heavy atom. The summed E-state index contributed by atoms with van der Waals surface area (Å²) in [6, 6.07) is 0. The quantitative estimate of drug-likeness (QED) is 0.520. The molecular weight excluding hydrogens is 155 g/mol. The predicted octanol–water partition coefficient (Wildman–Crippen LogP) is 2.84. The Hall–Kier alpha value is -0.350. The van der Waals surface area contributed by atoms with E-state index in [0.29, 0.717) is 13.8 Å². The fourth-order valence-electron chi connectivity index (χ4n) is 0.124. The monoisotopic (exact) mass is 162 g/mol. The minimum absolute atomic E-state index is 0.470. The highest BCUT2D eigenvalue weighted by molar-refractivity contribution is 4.79. The number of halogens is 5. The smallest absolute Gasteiger partial charge is 0.210 e. The number of hydrogen-bond acceptors (Lipinski definition) is 0. The van der Waals surface area contributed by atoms with Crippen LogP contribution in [0.25, 0.3) is 0 Å². The van der Waals surface area contributed by atoms with Gasteiger partial charge in [0, 0.05) is 0 Å².